The second-order valence-corrected chi connectivity index (χ2v) is 8.25. The molecule has 3 aromatic carbocycles. The number of aromatic nitrogens is 4. The first kappa shape index (κ1) is 22.7. The maximum Gasteiger partial charge on any atom is 0.281 e. The number of hydrogen-bond acceptors (Lipinski definition) is 6. The summed E-state index contributed by atoms with van der Waals surface area (Å²) in [4.78, 5) is 53.1. The van der Waals surface area contributed by atoms with Crippen LogP contribution in [0.4, 0.5) is 0 Å². The van der Waals surface area contributed by atoms with Gasteiger partial charge in [-0.2, -0.15) is 0 Å². The highest BCUT2D eigenvalue weighted by Crippen LogP contribution is 2.28. The number of rotatable bonds is 3. The van der Waals surface area contributed by atoms with Crippen LogP contribution >= 0.6 is 0 Å². The molecule has 0 bridgehead atoms. The number of H-pyrrole nitrogens is 2. The summed E-state index contributed by atoms with van der Waals surface area (Å²) in [7, 11) is 0. The molecule has 0 unspecified atom stereocenters. The van der Waals surface area contributed by atoms with E-state index in [4.69, 9.17) is 0 Å². The molecule has 0 aliphatic rings. The third-order valence-corrected chi connectivity index (χ3v) is 5.95. The van der Waals surface area contributed by atoms with Gasteiger partial charge in [-0.15, -0.1) is 0 Å². The van der Waals surface area contributed by atoms with Gasteiger partial charge in [-0.1, -0.05) is 36.4 Å². The van der Waals surface area contributed by atoms with Crippen LogP contribution in [0, 0.1) is 0 Å². The summed E-state index contributed by atoms with van der Waals surface area (Å²) in [5, 5.41) is 26.3. The fourth-order valence-electron chi connectivity index (χ4n) is 4.35. The van der Waals surface area contributed by atoms with E-state index in [0.717, 1.165) is 16.3 Å². The van der Waals surface area contributed by atoms with Crippen molar-refractivity contribution in [2.24, 2.45) is 0 Å². The third-order valence-electron chi connectivity index (χ3n) is 5.95. The molecule has 0 saturated heterocycles. The van der Waals surface area contributed by atoms with Gasteiger partial charge < -0.3 is 10.2 Å². The number of para-hydroxylation sites is 2. The van der Waals surface area contributed by atoms with Crippen molar-refractivity contribution >= 4 is 33.3 Å². The number of aromatic hydroxyl groups is 1. The van der Waals surface area contributed by atoms with Gasteiger partial charge in [0.2, 0.25) is 5.43 Å². The number of ketones is 1. The Kier molecular flexibility index (Phi) is 5.21. The Labute approximate surface area is 201 Å². The second kappa shape index (κ2) is 8.27. The number of phenols is 1. The van der Waals surface area contributed by atoms with Crippen molar-refractivity contribution in [3.63, 3.8) is 0 Å². The van der Waals surface area contributed by atoms with Crippen molar-refractivity contribution in [3.05, 3.63) is 102 Å². The predicted molar refractivity (Wildman–Crippen MR) is 135 cm³/mol. The van der Waals surface area contributed by atoms with Crippen LogP contribution in [0.3, 0.4) is 0 Å². The lowest BCUT2D eigenvalue weighted by molar-refractivity contribution is 0.101. The Hall–Kier alpha value is -5.12. The summed E-state index contributed by atoms with van der Waals surface area (Å²) in [6.45, 7) is 2.41. The van der Waals surface area contributed by atoms with E-state index in [1.165, 1.54) is 6.92 Å². The molecule has 2 heterocycles. The zero-order chi connectivity index (χ0) is 25.7. The Balaban J connectivity index is 2.09. The standard InChI is InChI=1S/C26H20N4O6/c1-13(31)17-19-21(27-29(25(17)35)15-9-5-3-6-10-15)24(34)20-18(14(2)32)26(36)30(28-22(20)23(19)33)16-11-7-4-8-12-16/h3-12,27-28,31,33H,1-2H3/b17-13+. The number of nitrogens with one attached hydrogen (secondary N) is 2. The van der Waals surface area contributed by atoms with Crippen LogP contribution in [0.25, 0.3) is 38.9 Å². The maximum absolute atomic E-state index is 13.8. The Morgan fingerprint density at radius 1 is 0.750 bits per heavy atom. The van der Waals surface area contributed by atoms with E-state index in [9.17, 15) is 29.4 Å². The van der Waals surface area contributed by atoms with Gasteiger partial charge in [0, 0.05) is 0 Å². The molecule has 0 fully saturated rings. The molecule has 0 aliphatic carbocycles. The van der Waals surface area contributed by atoms with Gasteiger partial charge in [0.1, 0.15) is 16.8 Å². The average Bonchev–Trinajstić information content (AvgIpc) is 2.87. The summed E-state index contributed by atoms with van der Waals surface area (Å²) in [6, 6.07) is 16.6. The maximum atomic E-state index is 13.8. The summed E-state index contributed by atoms with van der Waals surface area (Å²) < 4.78 is 2.08. The van der Waals surface area contributed by atoms with Crippen LogP contribution in [0.5, 0.6) is 5.75 Å². The van der Waals surface area contributed by atoms with E-state index in [-0.39, 0.29) is 27.0 Å². The van der Waals surface area contributed by atoms with Gasteiger partial charge in [0.15, 0.2) is 11.5 Å². The van der Waals surface area contributed by atoms with Crippen molar-refractivity contribution in [1.29, 1.82) is 0 Å². The van der Waals surface area contributed by atoms with Gasteiger partial charge in [-0.05, 0) is 38.1 Å². The molecule has 0 amide bonds. The highest BCUT2D eigenvalue weighted by Gasteiger charge is 2.25. The van der Waals surface area contributed by atoms with Gasteiger partial charge in [0.25, 0.3) is 11.1 Å². The van der Waals surface area contributed by atoms with Crippen LogP contribution in [-0.2, 0) is 0 Å². The molecule has 5 rings (SSSR count). The summed E-state index contributed by atoms with van der Waals surface area (Å²) in [6.07, 6.45) is 0. The molecule has 0 radical (unpaired) electrons. The molecular weight excluding hydrogens is 464 g/mol. The van der Waals surface area contributed by atoms with Crippen molar-refractivity contribution in [1.82, 2.24) is 19.6 Å². The number of hydrogen-bond donors (Lipinski definition) is 4. The molecule has 10 nitrogen and oxygen atoms in total. The van der Waals surface area contributed by atoms with Crippen LogP contribution in [0.2, 0.25) is 0 Å². The smallest absolute Gasteiger partial charge is 0.281 e. The number of phenolic OH excluding ortho intramolecular Hbond substituents is 1. The highest BCUT2D eigenvalue weighted by molar-refractivity contribution is 6.11. The Morgan fingerprint density at radius 3 is 1.75 bits per heavy atom. The monoisotopic (exact) mass is 484 g/mol. The second-order valence-electron chi connectivity index (χ2n) is 8.25. The quantitative estimate of drug-likeness (QED) is 0.228. The van der Waals surface area contributed by atoms with Crippen LogP contribution < -0.4 is 21.8 Å². The van der Waals surface area contributed by atoms with Crippen molar-refractivity contribution in [2.45, 2.75) is 13.8 Å². The fraction of sp³-hybridized carbons (Fsp3) is 0.0769. The van der Waals surface area contributed by atoms with E-state index in [1.54, 1.807) is 60.7 Å². The Bertz CT molecular complexity index is 1940. The number of benzene rings is 3. The first-order valence-corrected chi connectivity index (χ1v) is 10.9. The van der Waals surface area contributed by atoms with E-state index in [0.29, 0.717) is 11.4 Å². The third kappa shape index (κ3) is 3.27. The van der Waals surface area contributed by atoms with E-state index in [2.05, 4.69) is 10.2 Å². The normalized spacial score (nSPS) is 12.2. The predicted octanol–water partition coefficient (Wildman–Crippen LogP) is 2.19. The van der Waals surface area contributed by atoms with Gasteiger partial charge in [-0.25, -0.2) is 9.36 Å². The molecule has 0 atom stereocenters. The van der Waals surface area contributed by atoms with Gasteiger partial charge in [-0.3, -0.25) is 29.4 Å². The highest BCUT2D eigenvalue weighted by atomic mass is 16.3. The first-order chi connectivity index (χ1) is 17.2. The molecule has 5 aromatic rings. The van der Waals surface area contributed by atoms with Gasteiger partial charge >= 0.3 is 0 Å². The van der Waals surface area contributed by atoms with E-state index in [1.807, 2.05) is 0 Å². The number of Topliss-reactive ketones (excluding diaryl/α,β-unsaturated/α-hetero) is 1. The van der Waals surface area contributed by atoms with Crippen molar-refractivity contribution < 1.29 is 15.0 Å². The molecule has 0 saturated carbocycles. The number of nitrogens with zero attached hydrogens (tertiary/aromatic N) is 2. The molecule has 180 valence electrons. The van der Waals surface area contributed by atoms with E-state index < -0.39 is 39.4 Å². The van der Waals surface area contributed by atoms with Crippen LogP contribution in [0.1, 0.15) is 24.2 Å². The minimum absolute atomic E-state index is 0.228. The zero-order valence-electron chi connectivity index (χ0n) is 19.2. The summed E-state index contributed by atoms with van der Waals surface area (Å²) in [5.41, 5.74) is -2.49. The molecule has 2 aromatic heterocycles. The molecule has 0 aliphatic heterocycles. The minimum Gasteiger partial charge on any atom is -0.512 e. The number of aliphatic hydroxyl groups is 1. The molecular formula is C26H20N4O6. The zero-order valence-corrected chi connectivity index (χ0v) is 19.2. The lowest BCUT2D eigenvalue weighted by Crippen LogP contribution is -2.39. The number of fused-ring (bicyclic) bond motifs is 2. The van der Waals surface area contributed by atoms with Crippen molar-refractivity contribution in [3.8, 4) is 17.1 Å². The summed E-state index contributed by atoms with van der Waals surface area (Å²) >= 11 is 0. The molecule has 4 N–H and O–H groups in total. The van der Waals surface area contributed by atoms with Crippen LogP contribution in [0.15, 0.2) is 75.0 Å². The fourth-order valence-corrected chi connectivity index (χ4v) is 4.35. The minimum atomic E-state index is -0.802. The SMILES string of the molecule is CC(=O)c1c(=O)n(-c2ccccc2)[nH]c2c(O)c3/c(=C(/C)O)c(=O)n(-c4ccccc4)[nH]c3c(=O)c12. The molecule has 36 heavy (non-hydrogen) atoms. The van der Waals surface area contributed by atoms with Crippen LogP contribution in [-0.4, -0.2) is 35.6 Å². The lowest BCUT2D eigenvalue weighted by Gasteiger charge is -2.15. The average molecular weight is 484 g/mol. The lowest BCUT2D eigenvalue weighted by atomic mass is 10.0. The van der Waals surface area contributed by atoms with Gasteiger partial charge in [0.05, 0.1) is 32.9 Å². The number of aromatic amines is 2. The largest absolute Gasteiger partial charge is 0.512 e. The van der Waals surface area contributed by atoms with Crippen molar-refractivity contribution in [2.75, 3.05) is 0 Å². The number of aliphatic hydroxyl groups excluding tert-OH is 1. The number of carbonyl (C=O) groups is 1. The van der Waals surface area contributed by atoms with E-state index >= 15 is 0 Å². The topological polar surface area (TPSA) is 150 Å². The summed E-state index contributed by atoms with van der Waals surface area (Å²) in [5.74, 6) is -1.69. The number of carbonyl (C=O) groups excluding carboxylic acids is 1. The molecule has 10 heteroatoms. The first-order valence-electron chi connectivity index (χ1n) is 10.9. The molecule has 0 spiro atoms. The Morgan fingerprint density at radius 2 is 1.25 bits per heavy atom.